The average molecular weight is 399 g/mol. The number of halogens is 2. The molecule has 0 saturated heterocycles. The number of aromatic nitrogens is 1. The van der Waals surface area contributed by atoms with Gasteiger partial charge in [0.1, 0.15) is 5.82 Å². The van der Waals surface area contributed by atoms with Gasteiger partial charge in [0.05, 0.1) is 5.02 Å². The van der Waals surface area contributed by atoms with E-state index in [1.54, 1.807) is 0 Å². The monoisotopic (exact) mass is 398 g/mol. The third-order valence-electron chi connectivity index (χ3n) is 4.12. The lowest BCUT2D eigenvalue weighted by Gasteiger charge is -2.19. The molecule has 0 saturated carbocycles. The Morgan fingerprint density at radius 2 is 1.68 bits per heavy atom. The van der Waals surface area contributed by atoms with Gasteiger partial charge >= 0.3 is 0 Å². The first-order valence-electron chi connectivity index (χ1n) is 8.45. The van der Waals surface area contributed by atoms with Gasteiger partial charge in [-0.15, -0.1) is 0 Å². The minimum atomic E-state index is -1.47. The van der Waals surface area contributed by atoms with Crippen LogP contribution < -0.4 is 10.9 Å². The molecule has 2 aromatic carbocycles. The van der Waals surface area contributed by atoms with Crippen molar-refractivity contribution < 1.29 is 14.0 Å². The Labute approximate surface area is 165 Å². The van der Waals surface area contributed by atoms with Crippen LogP contribution in [0.2, 0.25) is 5.02 Å². The fraction of sp³-hybridized carbons (Fsp3) is 0.0952. The summed E-state index contributed by atoms with van der Waals surface area (Å²) in [6, 6.07) is 15.0. The lowest BCUT2D eigenvalue weighted by molar-refractivity contribution is -0.123. The van der Waals surface area contributed by atoms with Crippen LogP contribution in [0.1, 0.15) is 22.0 Å². The number of benzene rings is 2. The molecule has 0 aliphatic rings. The molecule has 3 aromatic rings. The maximum absolute atomic E-state index is 13.2. The van der Waals surface area contributed by atoms with Crippen LogP contribution in [0.15, 0.2) is 77.7 Å². The molecule has 5 nitrogen and oxygen atoms in total. The van der Waals surface area contributed by atoms with Crippen LogP contribution >= 0.6 is 11.6 Å². The number of nitrogens with zero attached hydrogens (tertiary/aromatic N) is 1. The number of pyridine rings is 1. The summed E-state index contributed by atoms with van der Waals surface area (Å²) in [6.07, 6.45) is 1.23. The maximum Gasteiger partial charge on any atom is 0.251 e. The topological polar surface area (TPSA) is 68.2 Å². The quantitative estimate of drug-likeness (QED) is 0.511. The Hall–Kier alpha value is -3.25. The van der Waals surface area contributed by atoms with E-state index in [0.717, 1.165) is 22.3 Å². The molecule has 1 N–H and O–H groups in total. The fourth-order valence-corrected chi connectivity index (χ4v) is 2.87. The first kappa shape index (κ1) is 19.5. The Morgan fingerprint density at radius 3 is 2.36 bits per heavy atom. The van der Waals surface area contributed by atoms with Gasteiger partial charge in [0, 0.05) is 24.4 Å². The molecule has 0 fully saturated rings. The number of nitrogens with one attached hydrogen (secondary N) is 1. The zero-order valence-corrected chi connectivity index (χ0v) is 15.4. The number of carbonyl (C=O) groups excluding carboxylic acids is 2. The largest absolute Gasteiger partial charge is 0.350 e. The van der Waals surface area contributed by atoms with Crippen molar-refractivity contribution in [2.45, 2.75) is 12.6 Å². The molecular formula is C21H16ClFN2O3. The number of ketones is 1. The van der Waals surface area contributed by atoms with Gasteiger partial charge < -0.3 is 5.32 Å². The zero-order chi connectivity index (χ0) is 20.1. The van der Waals surface area contributed by atoms with Crippen molar-refractivity contribution >= 4 is 23.3 Å². The Bertz CT molecular complexity index is 1050. The van der Waals surface area contributed by atoms with E-state index in [9.17, 15) is 18.8 Å². The highest BCUT2D eigenvalue weighted by Crippen LogP contribution is 2.17. The molecule has 1 aromatic heterocycles. The van der Waals surface area contributed by atoms with Crippen LogP contribution in [0.25, 0.3) is 0 Å². The molecule has 28 heavy (non-hydrogen) atoms. The van der Waals surface area contributed by atoms with E-state index in [-0.39, 0.29) is 17.1 Å². The second-order valence-corrected chi connectivity index (χ2v) is 6.51. The molecular weight excluding hydrogens is 383 g/mol. The summed E-state index contributed by atoms with van der Waals surface area (Å²) in [5, 5.41) is 2.87. The fourth-order valence-electron chi connectivity index (χ4n) is 2.70. The van der Waals surface area contributed by atoms with E-state index in [4.69, 9.17) is 11.6 Å². The van der Waals surface area contributed by atoms with Crippen molar-refractivity contribution in [2.24, 2.45) is 0 Å². The summed E-state index contributed by atoms with van der Waals surface area (Å²) < 4.78 is 14.2. The number of hydrogen-bond donors (Lipinski definition) is 1. The second-order valence-electron chi connectivity index (χ2n) is 6.07. The zero-order valence-electron chi connectivity index (χ0n) is 14.6. The Morgan fingerprint density at radius 1 is 1.00 bits per heavy atom. The van der Waals surface area contributed by atoms with Crippen molar-refractivity contribution in [2.75, 3.05) is 0 Å². The highest BCUT2D eigenvalue weighted by atomic mass is 35.5. The molecule has 1 amide bonds. The van der Waals surface area contributed by atoms with Crippen molar-refractivity contribution in [1.82, 2.24) is 9.88 Å². The van der Waals surface area contributed by atoms with Gasteiger partial charge in [0.15, 0.2) is 11.8 Å². The van der Waals surface area contributed by atoms with Gasteiger partial charge in [0.25, 0.3) is 11.5 Å². The molecule has 7 heteroatoms. The van der Waals surface area contributed by atoms with Crippen LogP contribution in [0.5, 0.6) is 0 Å². The van der Waals surface area contributed by atoms with Crippen LogP contribution in [0.4, 0.5) is 4.39 Å². The summed E-state index contributed by atoms with van der Waals surface area (Å²) in [5.74, 6) is -1.82. The number of hydrogen-bond acceptors (Lipinski definition) is 3. The van der Waals surface area contributed by atoms with E-state index in [1.807, 2.05) is 30.3 Å². The number of carbonyl (C=O) groups is 2. The SMILES string of the molecule is O=C(NCc1ccccc1)[C@@H](C(=O)c1ccc(F)cc1)n1cc(Cl)ccc1=O. The smallest absolute Gasteiger partial charge is 0.251 e. The highest BCUT2D eigenvalue weighted by Gasteiger charge is 2.30. The van der Waals surface area contributed by atoms with Crippen molar-refractivity contribution in [3.63, 3.8) is 0 Å². The summed E-state index contributed by atoms with van der Waals surface area (Å²) in [6.45, 7) is 0.183. The van der Waals surface area contributed by atoms with Crippen LogP contribution in [0, 0.1) is 5.82 Å². The van der Waals surface area contributed by atoms with Gasteiger partial charge in [0.2, 0.25) is 0 Å². The number of amides is 1. The highest BCUT2D eigenvalue weighted by molar-refractivity contribution is 6.30. The van der Waals surface area contributed by atoms with E-state index < -0.39 is 29.1 Å². The Kier molecular flexibility index (Phi) is 6.01. The van der Waals surface area contributed by atoms with Gasteiger partial charge in [-0.3, -0.25) is 19.0 Å². The first-order valence-corrected chi connectivity index (χ1v) is 8.82. The lowest BCUT2D eigenvalue weighted by atomic mass is 10.0. The summed E-state index contributed by atoms with van der Waals surface area (Å²) >= 11 is 5.96. The van der Waals surface area contributed by atoms with Gasteiger partial charge in [-0.25, -0.2) is 4.39 Å². The number of Topliss-reactive ketones (excluding diaryl/α,β-unsaturated/α-hetero) is 1. The van der Waals surface area contributed by atoms with Gasteiger partial charge in [-0.2, -0.15) is 0 Å². The van der Waals surface area contributed by atoms with Crippen LogP contribution in [0.3, 0.4) is 0 Å². The van der Waals surface area contributed by atoms with E-state index in [2.05, 4.69) is 5.32 Å². The van der Waals surface area contributed by atoms with E-state index in [0.29, 0.717) is 0 Å². The lowest BCUT2D eigenvalue weighted by Crippen LogP contribution is -2.41. The Balaban J connectivity index is 1.95. The van der Waals surface area contributed by atoms with Crippen molar-refractivity contribution in [3.8, 4) is 0 Å². The first-order chi connectivity index (χ1) is 13.5. The van der Waals surface area contributed by atoms with Gasteiger partial charge in [-0.1, -0.05) is 41.9 Å². The van der Waals surface area contributed by atoms with E-state index >= 15 is 0 Å². The third-order valence-corrected chi connectivity index (χ3v) is 4.34. The molecule has 142 valence electrons. The molecule has 3 rings (SSSR count). The standard InChI is InChI=1S/C21H16ClFN2O3/c22-16-8-11-18(26)25(13-16)19(20(27)15-6-9-17(23)10-7-15)21(28)24-12-14-4-2-1-3-5-14/h1-11,13,19H,12H2,(H,24,28)/t19-/m1/s1. The predicted octanol–water partition coefficient (Wildman–Crippen LogP) is 3.38. The van der Waals surface area contributed by atoms with Gasteiger partial charge in [-0.05, 0) is 35.9 Å². The minimum absolute atomic E-state index is 0.105. The molecule has 0 bridgehead atoms. The maximum atomic E-state index is 13.2. The summed E-state index contributed by atoms with van der Waals surface area (Å²) in [7, 11) is 0. The van der Waals surface area contributed by atoms with Crippen LogP contribution in [-0.4, -0.2) is 16.3 Å². The van der Waals surface area contributed by atoms with Crippen LogP contribution in [-0.2, 0) is 11.3 Å². The van der Waals surface area contributed by atoms with E-state index in [1.165, 1.54) is 30.5 Å². The average Bonchev–Trinajstić information content (AvgIpc) is 2.70. The summed E-state index contributed by atoms with van der Waals surface area (Å²) in [5.41, 5.74) is 0.384. The van der Waals surface area contributed by atoms with Crippen molar-refractivity contribution in [3.05, 3.63) is 105 Å². The molecule has 0 spiro atoms. The molecule has 0 aliphatic heterocycles. The second kappa shape index (κ2) is 8.63. The third kappa shape index (κ3) is 4.53. The normalized spacial score (nSPS) is 11.6. The molecule has 0 unspecified atom stereocenters. The molecule has 0 aliphatic carbocycles. The van der Waals surface area contributed by atoms with Crippen molar-refractivity contribution in [1.29, 1.82) is 0 Å². The molecule has 1 atom stereocenters. The molecule has 0 radical (unpaired) electrons. The minimum Gasteiger partial charge on any atom is -0.350 e. The number of rotatable bonds is 6. The molecule has 1 heterocycles. The summed E-state index contributed by atoms with van der Waals surface area (Å²) in [4.78, 5) is 38.1. The predicted molar refractivity (Wildman–Crippen MR) is 104 cm³/mol.